The van der Waals surface area contributed by atoms with Gasteiger partial charge in [-0.3, -0.25) is 19.7 Å². The summed E-state index contributed by atoms with van der Waals surface area (Å²) in [6, 6.07) is 5.37. The molecule has 8 nitrogen and oxygen atoms in total. The van der Waals surface area contributed by atoms with Crippen LogP contribution in [0.4, 0.5) is 11.4 Å². The molecule has 1 rings (SSSR count). The second-order valence-electron chi connectivity index (χ2n) is 4.75. The molecule has 1 aromatic carbocycles. The number of amides is 1. The Balaban J connectivity index is 2.66. The molecule has 3 N–H and O–H groups in total. The number of nitrogens with zero attached hydrogens (tertiary/aromatic N) is 1. The van der Waals surface area contributed by atoms with E-state index in [1.54, 1.807) is 0 Å². The van der Waals surface area contributed by atoms with E-state index < -0.39 is 22.3 Å². The molecule has 0 saturated heterocycles. The summed E-state index contributed by atoms with van der Waals surface area (Å²) >= 11 is 0. The first-order valence-electron chi connectivity index (χ1n) is 6.18. The Morgan fingerprint density at radius 2 is 1.95 bits per heavy atom. The van der Waals surface area contributed by atoms with Crippen LogP contribution in [0.3, 0.4) is 0 Å². The van der Waals surface area contributed by atoms with E-state index in [1.807, 2.05) is 0 Å². The monoisotopic (exact) mass is 295 g/mol. The third-order valence-corrected chi connectivity index (χ3v) is 2.93. The number of nitrogens with one attached hydrogen (secondary N) is 1. The van der Waals surface area contributed by atoms with Crippen molar-refractivity contribution in [1.29, 1.82) is 0 Å². The van der Waals surface area contributed by atoms with E-state index in [1.165, 1.54) is 38.3 Å². The number of carbonyl (C=O) groups excluding carboxylic acids is 2. The van der Waals surface area contributed by atoms with Crippen molar-refractivity contribution < 1.29 is 19.2 Å². The zero-order chi connectivity index (χ0) is 16.0. The highest BCUT2D eigenvalue weighted by atomic mass is 16.6. The largest absolute Gasteiger partial charge is 0.469 e. The molecule has 0 aliphatic rings. The van der Waals surface area contributed by atoms with Crippen LogP contribution in [0, 0.1) is 10.1 Å². The van der Waals surface area contributed by atoms with Crippen LogP contribution in [0.25, 0.3) is 0 Å². The molecular formula is C13H17N3O5. The lowest BCUT2D eigenvalue weighted by atomic mass is 9.96. The van der Waals surface area contributed by atoms with Crippen molar-refractivity contribution in [3.8, 4) is 0 Å². The van der Waals surface area contributed by atoms with Crippen LogP contribution < -0.4 is 11.1 Å². The van der Waals surface area contributed by atoms with Gasteiger partial charge in [-0.2, -0.15) is 0 Å². The SMILES string of the molecule is COC(=O)CC[C@@](C)(N)C(=O)Nc1ccc([N+](=O)[O-])cc1. The second-order valence-corrected chi connectivity index (χ2v) is 4.75. The van der Waals surface area contributed by atoms with Gasteiger partial charge >= 0.3 is 5.97 Å². The highest BCUT2D eigenvalue weighted by Gasteiger charge is 2.29. The van der Waals surface area contributed by atoms with Crippen LogP contribution >= 0.6 is 0 Å². The van der Waals surface area contributed by atoms with Gasteiger partial charge in [0.25, 0.3) is 5.69 Å². The molecule has 0 aliphatic carbocycles. The summed E-state index contributed by atoms with van der Waals surface area (Å²) in [5.41, 5.74) is 4.92. The smallest absolute Gasteiger partial charge is 0.305 e. The molecule has 0 heterocycles. The summed E-state index contributed by atoms with van der Waals surface area (Å²) in [5.74, 6) is -0.935. The third kappa shape index (κ3) is 4.84. The summed E-state index contributed by atoms with van der Waals surface area (Å²) in [7, 11) is 1.26. The number of nitro groups is 1. The molecule has 0 fully saturated rings. The lowest BCUT2D eigenvalue weighted by Gasteiger charge is -2.22. The normalized spacial score (nSPS) is 13.1. The molecule has 0 bridgehead atoms. The van der Waals surface area contributed by atoms with E-state index in [-0.39, 0.29) is 18.5 Å². The van der Waals surface area contributed by atoms with Gasteiger partial charge in [0.1, 0.15) is 0 Å². The minimum Gasteiger partial charge on any atom is -0.469 e. The van der Waals surface area contributed by atoms with Crippen molar-refractivity contribution in [2.24, 2.45) is 5.73 Å². The molecule has 0 saturated carbocycles. The zero-order valence-electron chi connectivity index (χ0n) is 11.8. The van der Waals surface area contributed by atoms with Crippen molar-refractivity contribution in [3.05, 3.63) is 34.4 Å². The average Bonchev–Trinajstić information content (AvgIpc) is 2.45. The first-order chi connectivity index (χ1) is 9.76. The van der Waals surface area contributed by atoms with Gasteiger partial charge in [-0.15, -0.1) is 0 Å². The van der Waals surface area contributed by atoms with Crippen molar-refractivity contribution >= 4 is 23.3 Å². The Labute approximate surface area is 121 Å². The number of methoxy groups -OCH3 is 1. The molecule has 1 atom stereocenters. The number of anilines is 1. The van der Waals surface area contributed by atoms with E-state index >= 15 is 0 Å². The first-order valence-corrected chi connectivity index (χ1v) is 6.18. The molecule has 1 amide bonds. The molecule has 0 aromatic heterocycles. The highest BCUT2D eigenvalue weighted by Crippen LogP contribution is 2.18. The third-order valence-electron chi connectivity index (χ3n) is 2.93. The van der Waals surface area contributed by atoms with Crippen molar-refractivity contribution in [2.45, 2.75) is 25.3 Å². The Morgan fingerprint density at radius 3 is 2.43 bits per heavy atom. The minimum absolute atomic E-state index is 0.0250. The number of nitrogens with two attached hydrogens (primary N) is 1. The summed E-state index contributed by atoms with van der Waals surface area (Å²) in [6.07, 6.45) is 0.148. The van der Waals surface area contributed by atoms with Gasteiger partial charge in [0, 0.05) is 24.2 Å². The van der Waals surface area contributed by atoms with Crippen LogP contribution in [0.2, 0.25) is 0 Å². The fourth-order valence-corrected chi connectivity index (χ4v) is 1.52. The second kappa shape index (κ2) is 6.80. The molecule has 0 aliphatic heterocycles. The summed E-state index contributed by atoms with van der Waals surface area (Å²) in [6.45, 7) is 1.50. The maximum Gasteiger partial charge on any atom is 0.305 e. The molecule has 0 unspecified atom stereocenters. The highest BCUT2D eigenvalue weighted by molar-refractivity contribution is 5.97. The molecule has 1 aromatic rings. The van der Waals surface area contributed by atoms with Crippen molar-refractivity contribution in [2.75, 3.05) is 12.4 Å². The topological polar surface area (TPSA) is 125 Å². The van der Waals surface area contributed by atoms with E-state index in [9.17, 15) is 19.7 Å². The standard InChI is InChI=1S/C13H17N3O5/c1-13(14,8-7-11(17)21-2)12(18)15-9-3-5-10(6-4-9)16(19)20/h3-6H,7-8,14H2,1-2H3,(H,15,18)/t13-/m1/s1. The fraction of sp³-hybridized carbons (Fsp3) is 0.385. The van der Waals surface area contributed by atoms with Crippen molar-refractivity contribution in [3.63, 3.8) is 0 Å². The molecule has 0 radical (unpaired) electrons. The van der Waals surface area contributed by atoms with Gasteiger partial charge < -0.3 is 15.8 Å². The Morgan fingerprint density at radius 1 is 1.38 bits per heavy atom. The van der Waals surface area contributed by atoms with Crippen molar-refractivity contribution in [1.82, 2.24) is 0 Å². The van der Waals surface area contributed by atoms with Crippen LogP contribution in [-0.4, -0.2) is 29.4 Å². The van der Waals surface area contributed by atoms with Crippen LogP contribution in [0.1, 0.15) is 19.8 Å². The van der Waals surface area contributed by atoms with E-state index in [4.69, 9.17) is 5.73 Å². The number of nitro benzene ring substituents is 1. The first kappa shape index (κ1) is 16.6. The Kier molecular flexibility index (Phi) is 5.37. The number of hydrogen-bond acceptors (Lipinski definition) is 6. The Bertz CT molecular complexity index is 539. The summed E-state index contributed by atoms with van der Waals surface area (Å²) < 4.78 is 4.49. The Hall–Kier alpha value is -2.48. The van der Waals surface area contributed by atoms with Gasteiger partial charge in [-0.25, -0.2) is 0 Å². The quantitative estimate of drug-likeness (QED) is 0.461. The van der Waals surface area contributed by atoms with Crippen LogP contribution in [-0.2, 0) is 14.3 Å². The van der Waals surface area contributed by atoms with E-state index in [0.29, 0.717) is 5.69 Å². The lowest BCUT2D eigenvalue weighted by molar-refractivity contribution is -0.384. The molecular weight excluding hydrogens is 278 g/mol. The number of ether oxygens (including phenoxy) is 1. The summed E-state index contributed by atoms with van der Waals surface area (Å²) in [4.78, 5) is 33.1. The number of carbonyl (C=O) groups is 2. The minimum atomic E-state index is -1.25. The van der Waals surface area contributed by atoms with Crippen LogP contribution in [0.5, 0.6) is 0 Å². The van der Waals surface area contributed by atoms with Gasteiger partial charge in [0.05, 0.1) is 17.6 Å². The number of hydrogen-bond donors (Lipinski definition) is 2. The van der Waals surface area contributed by atoms with Gasteiger partial charge in [-0.05, 0) is 25.5 Å². The predicted octanol–water partition coefficient (Wildman–Crippen LogP) is 1.20. The average molecular weight is 295 g/mol. The molecule has 21 heavy (non-hydrogen) atoms. The number of rotatable bonds is 6. The number of esters is 1. The van der Waals surface area contributed by atoms with E-state index in [2.05, 4.69) is 10.1 Å². The maximum absolute atomic E-state index is 12.0. The van der Waals surface area contributed by atoms with Gasteiger partial charge in [0.2, 0.25) is 5.91 Å². The zero-order valence-corrected chi connectivity index (χ0v) is 11.8. The number of benzene rings is 1. The maximum atomic E-state index is 12.0. The van der Waals surface area contributed by atoms with E-state index in [0.717, 1.165) is 0 Å². The van der Waals surface area contributed by atoms with Gasteiger partial charge in [0.15, 0.2) is 0 Å². The van der Waals surface area contributed by atoms with Gasteiger partial charge in [-0.1, -0.05) is 0 Å². The fourth-order valence-electron chi connectivity index (χ4n) is 1.52. The van der Waals surface area contributed by atoms with Crippen LogP contribution in [0.15, 0.2) is 24.3 Å². The molecule has 8 heteroatoms. The summed E-state index contributed by atoms with van der Waals surface area (Å²) in [5, 5.41) is 13.1. The molecule has 114 valence electrons. The predicted molar refractivity (Wildman–Crippen MR) is 75.6 cm³/mol. The lowest BCUT2D eigenvalue weighted by Crippen LogP contribution is -2.48. The number of non-ortho nitro benzene ring substituents is 1. The molecule has 0 spiro atoms.